The van der Waals surface area contributed by atoms with E-state index in [0.29, 0.717) is 4.57 Å². The molecule has 0 saturated carbocycles. The highest BCUT2D eigenvalue weighted by molar-refractivity contribution is 5.72. The summed E-state index contributed by atoms with van der Waals surface area (Å²) in [5, 5.41) is 11.5. The van der Waals surface area contributed by atoms with Crippen LogP contribution in [0.4, 0.5) is 4.39 Å². The molecule has 0 fully saturated rings. The van der Waals surface area contributed by atoms with Crippen molar-refractivity contribution < 1.29 is 14.3 Å². The van der Waals surface area contributed by atoms with E-state index in [1.165, 1.54) is 6.92 Å². The van der Waals surface area contributed by atoms with Gasteiger partial charge in [0.15, 0.2) is 0 Å². The number of carbonyl (C=O) groups is 1. The second-order valence-corrected chi connectivity index (χ2v) is 3.03. The van der Waals surface area contributed by atoms with Crippen LogP contribution in [-0.2, 0) is 11.3 Å². The Morgan fingerprint density at radius 1 is 1.56 bits per heavy atom. The second kappa shape index (κ2) is 4.60. The zero-order chi connectivity index (χ0) is 12.3. The van der Waals surface area contributed by atoms with E-state index in [1.54, 1.807) is 4.98 Å². The average molecular weight is 231 g/mol. The molecule has 0 radical (unpaired) electrons. The summed E-state index contributed by atoms with van der Waals surface area (Å²) in [6, 6.07) is 0. The number of rotatable bonds is 3. The predicted octanol–water partition coefficient (Wildman–Crippen LogP) is -1.48. The first kappa shape index (κ1) is 12.0. The van der Waals surface area contributed by atoms with E-state index in [4.69, 9.17) is 0 Å². The lowest BCUT2D eigenvalue weighted by molar-refractivity contribution is -0.119. The van der Waals surface area contributed by atoms with Crippen LogP contribution < -0.4 is 16.6 Å². The highest BCUT2D eigenvalue weighted by Gasteiger charge is 2.12. The summed E-state index contributed by atoms with van der Waals surface area (Å²) in [4.78, 5) is 34.1. The van der Waals surface area contributed by atoms with Crippen molar-refractivity contribution in [3.63, 3.8) is 0 Å². The smallest absolute Gasteiger partial charge is 0.331 e. The van der Waals surface area contributed by atoms with E-state index >= 15 is 0 Å². The number of nitrogens with zero attached hydrogens (tertiary/aromatic N) is 1. The predicted molar refractivity (Wildman–Crippen MR) is 51.6 cm³/mol. The van der Waals surface area contributed by atoms with Gasteiger partial charge in [-0.05, 0) is 0 Å². The van der Waals surface area contributed by atoms with Gasteiger partial charge in [0.1, 0.15) is 0 Å². The number of hydrogen-bond donors (Lipinski definition) is 3. The minimum atomic E-state index is -1.43. The van der Waals surface area contributed by atoms with E-state index in [9.17, 15) is 23.9 Å². The minimum Gasteiger partial charge on any atom is -0.492 e. The van der Waals surface area contributed by atoms with Gasteiger partial charge in [-0.3, -0.25) is 19.1 Å². The van der Waals surface area contributed by atoms with Crippen LogP contribution >= 0.6 is 0 Å². The summed E-state index contributed by atoms with van der Waals surface area (Å²) in [6.07, 6.45) is 0. The Bertz CT molecular complexity index is 519. The largest absolute Gasteiger partial charge is 0.492 e. The molecule has 0 aliphatic heterocycles. The SMILES string of the molecule is CC(=O)NCCn1c(O)c(F)c(=O)[nH]c1=O. The molecule has 0 spiro atoms. The van der Waals surface area contributed by atoms with E-state index in [-0.39, 0.29) is 19.0 Å². The van der Waals surface area contributed by atoms with Gasteiger partial charge in [0, 0.05) is 20.0 Å². The molecule has 7 nitrogen and oxygen atoms in total. The molecule has 0 aliphatic carbocycles. The van der Waals surface area contributed by atoms with Crippen LogP contribution in [0.15, 0.2) is 9.59 Å². The van der Waals surface area contributed by atoms with Crippen LogP contribution in [0.25, 0.3) is 0 Å². The van der Waals surface area contributed by atoms with Gasteiger partial charge < -0.3 is 10.4 Å². The number of amides is 1. The van der Waals surface area contributed by atoms with E-state index in [1.807, 2.05) is 0 Å². The number of halogens is 1. The van der Waals surface area contributed by atoms with Crippen molar-refractivity contribution in [3.05, 3.63) is 26.7 Å². The molecule has 0 unspecified atom stereocenters. The molecule has 0 aromatic carbocycles. The van der Waals surface area contributed by atoms with Crippen LogP contribution in [0.3, 0.4) is 0 Å². The Hall–Kier alpha value is -2.12. The molecule has 0 bridgehead atoms. The Balaban J connectivity index is 2.97. The number of hydrogen-bond acceptors (Lipinski definition) is 4. The van der Waals surface area contributed by atoms with Gasteiger partial charge in [-0.15, -0.1) is 0 Å². The molecule has 1 rings (SSSR count). The van der Waals surface area contributed by atoms with Crippen LogP contribution in [0.5, 0.6) is 5.88 Å². The van der Waals surface area contributed by atoms with Crippen molar-refractivity contribution in [1.29, 1.82) is 0 Å². The number of aromatic amines is 1. The fourth-order valence-electron chi connectivity index (χ4n) is 1.09. The van der Waals surface area contributed by atoms with E-state index in [0.717, 1.165) is 0 Å². The lowest BCUT2D eigenvalue weighted by Crippen LogP contribution is -2.35. The average Bonchev–Trinajstić information content (AvgIpc) is 2.19. The third kappa shape index (κ3) is 2.47. The first-order chi connectivity index (χ1) is 7.43. The van der Waals surface area contributed by atoms with Gasteiger partial charge in [-0.25, -0.2) is 4.79 Å². The third-order valence-electron chi connectivity index (χ3n) is 1.83. The molecular formula is C8H10FN3O4. The normalized spacial score (nSPS) is 10.1. The monoisotopic (exact) mass is 231 g/mol. The topological polar surface area (TPSA) is 104 Å². The summed E-state index contributed by atoms with van der Waals surface area (Å²) in [7, 11) is 0. The van der Waals surface area contributed by atoms with Crippen LogP contribution in [0.1, 0.15) is 6.92 Å². The molecule has 88 valence electrons. The highest BCUT2D eigenvalue weighted by atomic mass is 19.1. The fraction of sp³-hybridized carbons (Fsp3) is 0.375. The number of aromatic hydroxyl groups is 1. The number of H-pyrrole nitrogens is 1. The molecule has 0 aliphatic rings. The van der Waals surface area contributed by atoms with Crippen LogP contribution in [0.2, 0.25) is 0 Å². The molecule has 8 heteroatoms. The van der Waals surface area contributed by atoms with Crippen molar-refractivity contribution in [3.8, 4) is 5.88 Å². The minimum absolute atomic E-state index is 0.0360. The van der Waals surface area contributed by atoms with Crippen molar-refractivity contribution in [2.75, 3.05) is 6.54 Å². The Morgan fingerprint density at radius 3 is 2.75 bits per heavy atom. The lowest BCUT2D eigenvalue weighted by Gasteiger charge is -2.07. The number of carbonyl (C=O) groups excluding carboxylic acids is 1. The maximum Gasteiger partial charge on any atom is 0.331 e. The number of nitrogens with one attached hydrogen (secondary N) is 2. The van der Waals surface area contributed by atoms with Gasteiger partial charge >= 0.3 is 5.69 Å². The maximum absolute atomic E-state index is 12.9. The summed E-state index contributed by atoms with van der Waals surface area (Å²) in [6.45, 7) is 1.17. The standard InChI is InChI=1S/C8H10FN3O4/c1-4(13)10-2-3-12-7(15)5(9)6(14)11-8(12)16/h15H,2-3H2,1H3,(H,10,13)(H,11,14,16). The molecular weight excluding hydrogens is 221 g/mol. The third-order valence-corrected chi connectivity index (χ3v) is 1.83. The van der Waals surface area contributed by atoms with Gasteiger partial charge in [-0.2, -0.15) is 4.39 Å². The quantitative estimate of drug-likeness (QED) is 0.590. The summed E-state index contributed by atoms with van der Waals surface area (Å²) >= 11 is 0. The lowest BCUT2D eigenvalue weighted by atomic mass is 10.5. The first-order valence-corrected chi connectivity index (χ1v) is 4.39. The summed E-state index contributed by atoms with van der Waals surface area (Å²) in [5.41, 5.74) is -2.22. The van der Waals surface area contributed by atoms with Gasteiger partial charge in [0.25, 0.3) is 5.56 Å². The molecule has 3 N–H and O–H groups in total. The molecule has 1 heterocycles. The van der Waals surface area contributed by atoms with Crippen LogP contribution in [0, 0.1) is 5.82 Å². The van der Waals surface area contributed by atoms with E-state index in [2.05, 4.69) is 5.32 Å². The van der Waals surface area contributed by atoms with Gasteiger partial charge in [-0.1, -0.05) is 0 Å². The van der Waals surface area contributed by atoms with Crippen molar-refractivity contribution in [1.82, 2.24) is 14.9 Å². The highest BCUT2D eigenvalue weighted by Crippen LogP contribution is 2.06. The molecule has 1 aromatic heterocycles. The Kier molecular flexibility index (Phi) is 3.44. The Morgan fingerprint density at radius 2 is 2.19 bits per heavy atom. The maximum atomic E-state index is 12.9. The van der Waals surface area contributed by atoms with Crippen LogP contribution in [-0.4, -0.2) is 27.1 Å². The zero-order valence-corrected chi connectivity index (χ0v) is 8.41. The summed E-state index contributed by atoms with van der Waals surface area (Å²) in [5.74, 6) is -2.79. The molecule has 16 heavy (non-hydrogen) atoms. The van der Waals surface area contributed by atoms with Crippen molar-refractivity contribution in [2.24, 2.45) is 0 Å². The van der Waals surface area contributed by atoms with Crippen molar-refractivity contribution in [2.45, 2.75) is 13.5 Å². The zero-order valence-electron chi connectivity index (χ0n) is 8.41. The number of aromatic nitrogens is 2. The molecule has 0 saturated heterocycles. The Labute approximate surface area is 88.5 Å². The van der Waals surface area contributed by atoms with Crippen molar-refractivity contribution >= 4 is 5.91 Å². The summed E-state index contributed by atoms with van der Waals surface area (Å²) < 4.78 is 13.5. The molecule has 0 atom stereocenters. The first-order valence-electron chi connectivity index (χ1n) is 4.39. The van der Waals surface area contributed by atoms with E-state index < -0.39 is 22.9 Å². The van der Waals surface area contributed by atoms with Gasteiger partial charge in [0.05, 0.1) is 0 Å². The van der Waals surface area contributed by atoms with Gasteiger partial charge in [0.2, 0.25) is 17.6 Å². The molecule has 1 amide bonds. The fourth-order valence-corrected chi connectivity index (χ4v) is 1.09. The molecule has 1 aromatic rings. The second-order valence-electron chi connectivity index (χ2n) is 3.03.